The van der Waals surface area contributed by atoms with E-state index in [2.05, 4.69) is 5.32 Å². The van der Waals surface area contributed by atoms with E-state index >= 15 is 0 Å². The van der Waals surface area contributed by atoms with Gasteiger partial charge < -0.3 is 5.32 Å². The Labute approximate surface area is 187 Å². The number of amides is 1. The zero-order valence-electron chi connectivity index (χ0n) is 16.2. The van der Waals surface area contributed by atoms with E-state index in [1.807, 2.05) is 0 Å². The van der Waals surface area contributed by atoms with Crippen molar-refractivity contribution < 1.29 is 26.4 Å². The highest BCUT2D eigenvalue weighted by molar-refractivity contribution is 7.89. The van der Waals surface area contributed by atoms with E-state index in [1.54, 1.807) is 11.8 Å². The average molecular weight is 496 g/mol. The molecule has 6 nitrogen and oxygen atoms in total. The Balaban J connectivity index is 1.65. The van der Waals surface area contributed by atoms with Crippen molar-refractivity contribution in [2.45, 2.75) is 17.9 Å². The first-order valence-electron chi connectivity index (χ1n) is 9.16. The molecular formula is C19H18Cl2F3N3O3S. The molecule has 1 fully saturated rings. The summed E-state index contributed by atoms with van der Waals surface area (Å²) >= 11 is 11.9. The molecule has 0 aromatic heterocycles. The number of benzene rings is 2. The lowest BCUT2D eigenvalue weighted by atomic mass is 10.2. The molecule has 0 radical (unpaired) electrons. The van der Waals surface area contributed by atoms with Gasteiger partial charge in [0.05, 0.1) is 16.8 Å². The quantitative estimate of drug-likeness (QED) is 0.641. The van der Waals surface area contributed by atoms with E-state index in [0.29, 0.717) is 6.07 Å². The summed E-state index contributed by atoms with van der Waals surface area (Å²) in [5.74, 6) is -5.17. The van der Waals surface area contributed by atoms with Crippen molar-refractivity contribution in [3.8, 4) is 0 Å². The van der Waals surface area contributed by atoms with Gasteiger partial charge in [0.25, 0.3) is 0 Å². The van der Waals surface area contributed by atoms with Gasteiger partial charge in [0.15, 0.2) is 17.5 Å². The molecule has 1 aliphatic rings. The van der Waals surface area contributed by atoms with E-state index in [9.17, 15) is 26.4 Å². The normalized spacial score (nSPS) is 16.8. The number of halogens is 5. The monoisotopic (exact) mass is 495 g/mol. The molecule has 0 saturated carbocycles. The molecule has 0 aliphatic carbocycles. The van der Waals surface area contributed by atoms with Crippen molar-refractivity contribution in [1.82, 2.24) is 9.21 Å². The smallest absolute Gasteiger partial charge is 0.244 e. The predicted octanol–water partition coefficient (Wildman–Crippen LogP) is 3.74. The highest BCUT2D eigenvalue weighted by Gasteiger charge is 2.33. The molecule has 31 heavy (non-hydrogen) atoms. The van der Waals surface area contributed by atoms with E-state index in [0.717, 1.165) is 6.07 Å². The maximum absolute atomic E-state index is 13.8. The number of sulfonamides is 1. The Morgan fingerprint density at radius 3 is 2.32 bits per heavy atom. The standard InChI is InChI=1S/C19H18Cl2F3N3O3S/c1-11(19(28)25-15-5-4-14(22)17(23)18(15)24)26-6-8-27(9-7-26)31(29,30)16-10-12(20)2-3-13(16)21/h2-5,10-11H,6-9H2,1H3,(H,25,28). The molecule has 3 rings (SSSR count). The Bertz CT molecular complexity index is 1110. The molecule has 12 heteroatoms. The number of nitrogens with zero attached hydrogens (tertiary/aromatic N) is 2. The van der Waals surface area contributed by atoms with Crippen LogP contribution in [0.2, 0.25) is 10.0 Å². The molecule has 1 saturated heterocycles. The van der Waals surface area contributed by atoms with Crippen LogP contribution in [0.15, 0.2) is 35.2 Å². The van der Waals surface area contributed by atoms with Gasteiger partial charge in [0.1, 0.15) is 4.90 Å². The van der Waals surface area contributed by atoms with Crippen molar-refractivity contribution in [3.05, 3.63) is 57.8 Å². The second-order valence-electron chi connectivity index (χ2n) is 6.90. The first-order chi connectivity index (χ1) is 14.5. The number of carbonyl (C=O) groups is 1. The number of hydrogen-bond donors (Lipinski definition) is 1. The first-order valence-corrected chi connectivity index (χ1v) is 11.4. The average Bonchev–Trinajstić information content (AvgIpc) is 2.75. The highest BCUT2D eigenvalue weighted by Crippen LogP contribution is 2.28. The van der Waals surface area contributed by atoms with Crippen molar-refractivity contribution in [1.29, 1.82) is 0 Å². The zero-order chi connectivity index (χ0) is 22.9. The van der Waals surface area contributed by atoms with Crippen LogP contribution in [-0.2, 0) is 14.8 Å². The highest BCUT2D eigenvalue weighted by atomic mass is 35.5. The summed E-state index contributed by atoms with van der Waals surface area (Å²) < 4.78 is 67.2. The lowest BCUT2D eigenvalue weighted by Gasteiger charge is -2.36. The number of nitrogens with one attached hydrogen (secondary N) is 1. The lowest BCUT2D eigenvalue weighted by Crippen LogP contribution is -2.54. The van der Waals surface area contributed by atoms with Gasteiger partial charge in [-0.05, 0) is 37.3 Å². The molecule has 2 aromatic carbocycles. The minimum atomic E-state index is -3.88. The van der Waals surface area contributed by atoms with Crippen LogP contribution in [-0.4, -0.2) is 55.8 Å². The van der Waals surface area contributed by atoms with E-state index in [4.69, 9.17) is 23.2 Å². The maximum atomic E-state index is 13.8. The molecule has 1 atom stereocenters. The van der Waals surface area contributed by atoms with Gasteiger partial charge in [-0.15, -0.1) is 0 Å². The third kappa shape index (κ3) is 4.98. The van der Waals surface area contributed by atoms with Crippen molar-refractivity contribution in [2.24, 2.45) is 0 Å². The predicted molar refractivity (Wildman–Crippen MR) is 111 cm³/mol. The Morgan fingerprint density at radius 1 is 1.03 bits per heavy atom. The van der Waals surface area contributed by atoms with Gasteiger partial charge in [-0.3, -0.25) is 9.69 Å². The molecule has 168 valence electrons. The van der Waals surface area contributed by atoms with E-state index in [-0.39, 0.29) is 41.1 Å². The summed E-state index contributed by atoms with van der Waals surface area (Å²) in [6, 6.07) is 5.03. The van der Waals surface area contributed by atoms with Crippen molar-refractivity contribution in [3.63, 3.8) is 0 Å². The molecule has 0 bridgehead atoms. The summed E-state index contributed by atoms with van der Waals surface area (Å²) in [4.78, 5) is 14.0. The van der Waals surface area contributed by atoms with Crippen LogP contribution < -0.4 is 5.32 Å². The number of hydrogen-bond acceptors (Lipinski definition) is 4. The van der Waals surface area contributed by atoms with Gasteiger partial charge in [0.2, 0.25) is 15.9 Å². The summed E-state index contributed by atoms with van der Waals surface area (Å²) in [7, 11) is -3.88. The van der Waals surface area contributed by atoms with Crippen LogP contribution in [0, 0.1) is 17.5 Å². The minimum Gasteiger partial charge on any atom is -0.322 e. The van der Waals surface area contributed by atoms with Crippen molar-refractivity contribution >= 4 is 44.8 Å². The van der Waals surface area contributed by atoms with Crippen LogP contribution in [0.25, 0.3) is 0 Å². The summed E-state index contributed by atoms with van der Waals surface area (Å²) in [6.45, 7) is 2.15. The van der Waals surface area contributed by atoms with E-state index < -0.39 is 45.1 Å². The van der Waals surface area contributed by atoms with Crippen LogP contribution in [0.1, 0.15) is 6.92 Å². The van der Waals surface area contributed by atoms with Gasteiger partial charge >= 0.3 is 0 Å². The molecular weight excluding hydrogens is 478 g/mol. The SMILES string of the molecule is CC(C(=O)Nc1ccc(F)c(F)c1F)N1CCN(S(=O)(=O)c2cc(Cl)ccc2Cl)CC1. The topological polar surface area (TPSA) is 69.7 Å². The fourth-order valence-corrected chi connectivity index (χ4v) is 5.33. The Hall–Kier alpha value is -1.85. The second kappa shape index (κ2) is 9.33. The number of anilines is 1. The van der Waals surface area contributed by atoms with Crippen molar-refractivity contribution in [2.75, 3.05) is 31.5 Å². The lowest BCUT2D eigenvalue weighted by molar-refractivity contribution is -0.121. The first kappa shape index (κ1) is 23.8. The van der Waals surface area contributed by atoms with Crippen LogP contribution in [0.5, 0.6) is 0 Å². The fourth-order valence-electron chi connectivity index (χ4n) is 3.17. The van der Waals surface area contributed by atoms with Crippen LogP contribution in [0.4, 0.5) is 18.9 Å². The second-order valence-corrected chi connectivity index (χ2v) is 9.65. The third-order valence-corrected chi connectivity index (χ3v) is 7.62. The Kier molecular flexibility index (Phi) is 7.17. The van der Waals surface area contributed by atoms with Gasteiger partial charge in [-0.1, -0.05) is 23.2 Å². The molecule has 1 N–H and O–H groups in total. The molecule has 1 heterocycles. The van der Waals surface area contributed by atoms with Gasteiger partial charge in [0, 0.05) is 31.2 Å². The number of piperazine rings is 1. The Morgan fingerprint density at radius 2 is 1.68 bits per heavy atom. The van der Waals surface area contributed by atoms with Crippen LogP contribution in [0.3, 0.4) is 0 Å². The van der Waals surface area contributed by atoms with Gasteiger partial charge in [-0.25, -0.2) is 21.6 Å². The molecule has 2 aromatic rings. The van der Waals surface area contributed by atoms with E-state index in [1.165, 1.54) is 22.5 Å². The largest absolute Gasteiger partial charge is 0.322 e. The summed E-state index contributed by atoms with van der Waals surface area (Å²) in [6.07, 6.45) is 0. The van der Waals surface area contributed by atoms with Crippen LogP contribution >= 0.6 is 23.2 Å². The fraction of sp³-hybridized carbons (Fsp3) is 0.316. The molecule has 0 spiro atoms. The minimum absolute atomic E-state index is 0.0492. The third-order valence-electron chi connectivity index (χ3n) is 5.00. The zero-order valence-corrected chi connectivity index (χ0v) is 18.5. The summed E-state index contributed by atoms with van der Waals surface area (Å²) in [5.41, 5.74) is -0.479. The van der Waals surface area contributed by atoms with Gasteiger partial charge in [-0.2, -0.15) is 4.31 Å². The maximum Gasteiger partial charge on any atom is 0.244 e. The molecule has 1 amide bonds. The number of rotatable bonds is 5. The molecule has 1 unspecified atom stereocenters. The molecule has 1 aliphatic heterocycles. The number of carbonyl (C=O) groups excluding carboxylic acids is 1. The summed E-state index contributed by atoms with van der Waals surface area (Å²) in [5, 5.41) is 2.51.